The first kappa shape index (κ1) is 23.0. The van der Waals surface area contributed by atoms with Gasteiger partial charge in [-0.25, -0.2) is 8.93 Å². The van der Waals surface area contributed by atoms with Crippen LogP contribution in [0.25, 0.3) is 0 Å². The minimum Gasteiger partial charge on any atom is -0.376 e. The molecule has 1 N–H and O–H groups in total. The first-order valence-corrected chi connectivity index (χ1v) is 12.4. The van der Waals surface area contributed by atoms with Gasteiger partial charge >= 0.3 is 0 Å². The Balaban J connectivity index is 1.87. The van der Waals surface area contributed by atoms with Crippen LogP contribution in [0.2, 0.25) is 0 Å². The van der Waals surface area contributed by atoms with Crippen molar-refractivity contribution in [3.8, 4) is 0 Å². The summed E-state index contributed by atoms with van der Waals surface area (Å²) in [7, 11) is -1.15. The van der Waals surface area contributed by atoms with Gasteiger partial charge in [-0.1, -0.05) is 85.7 Å². The van der Waals surface area contributed by atoms with Gasteiger partial charge in [0.05, 0.1) is 28.9 Å². The van der Waals surface area contributed by atoms with Gasteiger partial charge in [0, 0.05) is 11.5 Å². The molecule has 3 nitrogen and oxygen atoms in total. The second-order valence-corrected chi connectivity index (χ2v) is 13.0. The Bertz CT molecular complexity index is 724. The van der Waals surface area contributed by atoms with Crippen molar-refractivity contribution in [1.29, 1.82) is 0 Å². The standard InChI is InChI=1S/C25H41NO2S/c1-17(2)20(18-12-10-9-11-13-18)26-29(27)21-19-14-15-25(8,24(19,6)7)22(21)28-16-23(3,4)5/h9-13,17,19-22,26H,14-16H2,1-8H3/t19-,20-,21-,22-,25+,29-/m1/s1. The third kappa shape index (κ3) is 4.22. The van der Waals surface area contributed by atoms with Crippen molar-refractivity contribution < 1.29 is 8.95 Å². The van der Waals surface area contributed by atoms with Crippen LogP contribution in [0.15, 0.2) is 30.3 Å². The van der Waals surface area contributed by atoms with Crippen LogP contribution in [-0.2, 0) is 15.7 Å². The molecule has 0 spiro atoms. The predicted octanol–water partition coefficient (Wildman–Crippen LogP) is 5.89. The molecule has 6 atom stereocenters. The van der Waals surface area contributed by atoms with Crippen LogP contribution >= 0.6 is 0 Å². The van der Waals surface area contributed by atoms with Crippen molar-refractivity contribution in [2.45, 2.75) is 85.6 Å². The molecule has 2 aliphatic carbocycles. The van der Waals surface area contributed by atoms with E-state index in [1.54, 1.807) is 0 Å². The van der Waals surface area contributed by atoms with Crippen LogP contribution in [0.4, 0.5) is 0 Å². The summed E-state index contributed by atoms with van der Waals surface area (Å²) >= 11 is 0. The maximum atomic E-state index is 13.8. The molecule has 1 aromatic carbocycles. The lowest BCUT2D eigenvalue weighted by Crippen LogP contribution is -2.48. The van der Waals surface area contributed by atoms with Crippen LogP contribution in [0.1, 0.15) is 79.8 Å². The van der Waals surface area contributed by atoms with E-state index in [1.807, 2.05) is 6.07 Å². The molecule has 0 aliphatic heterocycles. The van der Waals surface area contributed by atoms with Crippen molar-refractivity contribution in [3.05, 3.63) is 35.9 Å². The average molecular weight is 420 g/mol. The zero-order valence-corrected chi connectivity index (χ0v) is 20.4. The predicted molar refractivity (Wildman–Crippen MR) is 123 cm³/mol. The molecule has 2 fully saturated rings. The fourth-order valence-corrected chi connectivity index (χ4v) is 7.75. The summed E-state index contributed by atoms with van der Waals surface area (Å²) in [5, 5.41) is 0.0380. The molecule has 2 bridgehead atoms. The summed E-state index contributed by atoms with van der Waals surface area (Å²) < 4.78 is 23.9. The summed E-state index contributed by atoms with van der Waals surface area (Å²) in [6.07, 6.45) is 2.35. The Morgan fingerprint density at radius 1 is 1.17 bits per heavy atom. The molecule has 3 rings (SSSR count). The molecule has 0 radical (unpaired) electrons. The molecule has 2 aliphatic rings. The van der Waals surface area contributed by atoms with Crippen molar-refractivity contribution >= 4 is 11.0 Å². The summed E-state index contributed by atoms with van der Waals surface area (Å²) in [5.41, 5.74) is 1.52. The average Bonchev–Trinajstić information content (AvgIpc) is 2.95. The van der Waals surface area contributed by atoms with Crippen molar-refractivity contribution in [2.24, 2.45) is 28.1 Å². The van der Waals surface area contributed by atoms with Crippen LogP contribution < -0.4 is 4.72 Å². The fourth-order valence-electron chi connectivity index (χ4n) is 5.55. The molecule has 164 valence electrons. The highest BCUT2D eigenvalue weighted by Crippen LogP contribution is 2.67. The van der Waals surface area contributed by atoms with Gasteiger partial charge < -0.3 is 4.74 Å². The highest BCUT2D eigenvalue weighted by Gasteiger charge is 2.68. The number of nitrogens with one attached hydrogen (secondary N) is 1. The lowest BCUT2D eigenvalue weighted by Gasteiger charge is -2.41. The van der Waals surface area contributed by atoms with Crippen molar-refractivity contribution in [1.82, 2.24) is 4.72 Å². The zero-order chi connectivity index (χ0) is 21.6. The van der Waals surface area contributed by atoms with E-state index in [1.165, 1.54) is 12.0 Å². The normalized spacial score (nSPS) is 33.2. The smallest absolute Gasteiger partial charge is 0.0982 e. The van der Waals surface area contributed by atoms with E-state index >= 15 is 0 Å². The minimum absolute atomic E-state index is 0.0346. The van der Waals surface area contributed by atoms with Gasteiger partial charge in [0.15, 0.2) is 0 Å². The van der Waals surface area contributed by atoms with Gasteiger partial charge in [0.2, 0.25) is 0 Å². The number of hydrogen-bond acceptors (Lipinski definition) is 2. The Hall–Kier alpha value is -0.710. The van der Waals surface area contributed by atoms with E-state index in [0.717, 1.165) is 6.42 Å². The third-order valence-electron chi connectivity index (χ3n) is 7.71. The molecular weight excluding hydrogens is 378 g/mol. The molecule has 0 amide bonds. The van der Waals surface area contributed by atoms with Gasteiger partial charge in [0.1, 0.15) is 0 Å². The number of hydrogen-bond donors (Lipinski definition) is 1. The molecule has 0 aromatic heterocycles. The Morgan fingerprint density at radius 3 is 2.34 bits per heavy atom. The van der Waals surface area contributed by atoms with Crippen LogP contribution in [0.3, 0.4) is 0 Å². The number of fused-ring (bicyclic) bond motifs is 2. The maximum Gasteiger partial charge on any atom is 0.0982 e. The van der Waals surface area contributed by atoms with Gasteiger partial charge in [-0.2, -0.15) is 0 Å². The molecule has 0 saturated heterocycles. The van der Waals surface area contributed by atoms with E-state index in [-0.39, 0.29) is 33.6 Å². The van der Waals surface area contributed by atoms with Crippen LogP contribution in [0, 0.1) is 28.1 Å². The minimum atomic E-state index is -1.15. The van der Waals surface area contributed by atoms with Gasteiger partial charge in [0.25, 0.3) is 0 Å². The monoisotopic (exact) mass is 419 g/mol. The molecule has 4 heteroatoms. The zero-order valence-electron chi connectivity index (χ0n) is 19.6. The van der Waals surface area contributed by atoms with Crippen LogP contribution in [-0.4, -0.2) is 22.2 Å². The van der Waals surface area contributed by atoms with E-state index in [0.29, 0.717) is 18.4 Å². The maximum absolute atomic E-state index is 13.8. The largest absolute Gasteiger partial charge is 0.376 e. The summed E-state index contributed by atoms with van der Waals surface area (Å²) in [6, 6.07) is 10.5. The fraction of sp³-hybridized carbons (Fsp3) is 0.760. The number of rotatable bonds is 7. The highest BCUT2D eigenvalue weighted by molar-refractivity contribution is 7.83. The second kappa shape index (κ2) is 8.09. The Labute approximate surface area is 181 Å². The summed E-state index contributed by atoms with van der Waals surface area (Å²) in [5.74, 6) is 0.784. The molecule has 0 heterocycles. The molecule has 29 heavy (non-hydrogen) atoms. The quantitative estimate of drug-likeness (QED) is 0.598. The SMILES string of the molecule is CC(C)[C@@H](N[S@](=O)[C@@H]1[C@H]2CC[C@@](C)([C@@H]1OCC(C)(C)C)C2(C)C)c1ccccc1. The Kier molecular flexibility index (Phi) is 6.40. The lowest BCUT2D eigenvalue weighted by atomic mass is 9.70. The molecule has 1 aromatic rings. The third-order valence-corrected chi connectivity index (χ3v) is 9.26. The first-order chi connectivity index (χ1) is 13.4. The van der Waals surface area contributed by atoms with Crippen LogP contribution in [0.5, 0.6) is 0 Å². The lowest BCUT2D eigenvalue weighted by molar-refractivity contribution is -0.0675. The van der Waals surface area contributed by atoms with Gasteiger partial charge in [-0.3, -0.25) is 0 Å². The van der Waals surface area contributed by atoms with Crippen molar-refractivity contribution in [3.63, 3.8) is 0 Å². The van der Waals surface area contributed by atoms with E-state index < -0.39 is 11.0 Å². The first-order valence-electron chi connectivity index (χ1n) is 11.2. The topological polar surface area (TPSA) is 38.3 Å². The van der Waals surface area contributed by atoms with E-state index in [4.69, 9.17) is 4.74 Å². The van der Waals surface area contributed by atoms with E-state index in [9.17, 15) is 4.21 Å². The number of benzene rings is 1. The number of ether oxygens (including phenoxy) is 1. The second-order valence-electron chi connectivity index (χ2n) is 11.6. The molecule has 2 saturated carbocycles. The van der Waals surface area contributed by atoms with Crippen molar-refractivity contribution in [2.75, 3.05) is 6.61 Å². The van der Waals surface area contributed by atoms with Gasteiger partial charge in [-0.15, -0.1) is 0 Å². The molecular formula is C25H41NO2S. The van der Waals surface area contributed by atoms with Gasteiger partial charge in [-0.05, 0) is 41.1 Å². The highest BCUT2D eigenvalue weighted by atomic mass is 32.2. The summed E-state index contributed by atoms with van der Waals surface area (Å²) in [6.45, 7) is 18.8. The molecule has 0 unspecified atom stereocenters. The van der Waals surface area contributed by atoms with E-state index in [2.05, 4.69) is 84.4 Å². The summed E-state index contributed by atoms with van der Waals surface area (Å²) in [4.78, 5) is 0. The Morgan fingerprint density at radius 2 is 1.79 bits per heavy atom.